The molecule has 0 aliphatic carbocycles. The van der Waals surface area contributed by atoms with Gasteiger partial charge in [-0.25, -0.2) is 0 Å². The van der Waals surface area contributed by atoms with E-state index in [9.17, 15) is 0 Å². The fourth-order valence-electron chi connectivity index (χ4n) is 2.95. The van der Waals surface area contributed by atoms with Crippen molar-refractivity contribution in [1.82, 2.24) is 0 Å². The zero-order chi connectivity index (χ0) is 14.1. The van der Waals surface area contributed by atoms with Gasteiger partial charge in [0.15, 0.2) is 0 Å². The Labute approximate surface area is 124 Å². The standard InChI is InChI=1S/C16H20N2OS/c1-11-14-6-8-20-16(14)5-7-18(11)15-9-13(19-2)4-3-12(15)10-17/h3-4,6,8-9,11H,5,7,10,17H2,1-2H3. The number of ether oxygens (including phenoxy) is 1. The molecule has 4 heteroatoms. The summed E-state index contributed by atoms with van der Waals surface area (Å²) in [6, 6.07) is 8.80. The van der Waals surface area contributed by atoms with Crippen LogP contribution in [0.2, 0.25) is 0 Å². The van der Waals surface area contributed by atoms with Gasteiger partial charge < -0.3 is 15.4 Å². The minimum absolute atomic E-state index is 0.391. The summed E-state index contributed by atoms with van der Waals surface area (Å²) < 4.78 is 5.37. The van der Waals surface area contributed by atoms with Crippen LogP contribution in [0, 0.1) is 0 Å². The second-order valence-corrected chi connectivity index (χ2v) is 6.12. The van der Waals surface area contributed by atoms with E-state index in [0.29, 0.717) is 12.6 Å². The van der Waals surface area contributed by atoms with E-state index in [1.807, 2.05) is 17.4 Å². The fraction of sp³-hybridized carbons (Fsp3) is 0.375. The largest absolute Gasteiger partial charge is 0.497 e. The van der Waals surface area contributed by atoms with Crippen molar-refractivity contribution in [3.63, 3.8) is 0 Å². The number of fused-ring (bicyclic) bond motifs is 1. The van der Waals surface area contributed by atoms with Crippen LogP contribution in [0.4, 0.5) is 5.69 Å². The van der Waals surface area contributed by atoms with E-state index >= 15 is 0 Å². The molecule has 1 aliphatic rings. The normalized spacial score (nSPS) is 17.9. The van der Waals surface area contributed by atoms with Gasteiger partial charge in [-0.15, -0.1) is 11.3 Å². The summed E-state index contributed by atoms with van der Waals surface area (Å²) in [5.41, 5.74) is 9.74. The molecule has 0 fully saturated rings. The van der Waals surface area contributed by atoms with E-state index in [0.717, 1.165) is 18.7 Å². The average Bonchev–Trinajstić information content (AvgIpc) is 2.96. The number of hydrogen-bond donors (Lipinski definition) is 1. The number of benzene rings is 1. The third-order valence-corrected chi connectivity index (χ3v) is 5.10. The summed E-state index contributed by atoms with van der Waals surface area (Å²) in [5.74, 6) is 0.889. The minimum atomic E-state index is 0.391. The van der Waals surface area contributed by atoms with E-state index < -0.39 is 0 Å². The number of methoxy groups -OCH3 is 1. The van der Waals surface area contributed by atoms with Crippen molar-refractivity contribution >= 4 is 17.0 Å². The molecule has 20 heavy (non-hydrogen) atoms. The summed E-state index contributed by atoms with van der Waals surface area (Å²) in [5, 5.41) is 2.19. The van der Waals surface area contributed by atoms with E-state index in [1.165, 1.54) is 21.7 Å². The maximum atomic E-state index is 5.90. The van der Waals surface area contributed by atoms with Crippen molar-refractivity contribution in [2.24, 2.45) is 5.73 Å². The molecule has 1 atom stereocenters. The van der Waals surface area contributed by atoms with Crippen LogP contribution in [-0.2, 0) is 13.0 Å². The predicted molar refractivity (Wildman–Crippen MR) is 84.7 cm³/mol. The molecule has 0 saturated heterocycles. The molecule has 1 aliphatic heterocycles. The monoisotopic (exact) mass is 288 g/mol. The van der Waals surface area contributed by atoms with Gasteiger partial charge in [-0.05, 0) is 42.0 Å². The third kappa shape index (κ3) is 2.19. The van der Waals surface area contributed by atoms with Crippen LogP contribution < -0.4 is 15.4 Å². The van der Waals surface area contributed by atoms with Crippen LogP contribution in [-0.4, -0.2) is 13.7 Å². The third-order valence-electron chi connectivity index (χ3n) is 4.10. The molecule has 1 aromatic heterocycles. The van der Waals surface area contributed by atoms with Gasteiger partial charge in [-0.2, -0.15) is 0 Å². The molecular weight excluding hydrogens is 268 g/mol. The molecule has 3 nitrogen and oxygen atoms in total. The second-order valence-electron chi connectivity index (χ2n) is 5.12. The highest BCUT2D eigenvalue weighted by atomic mass is 32.1. The maximum Gasteiger partial charge on any atom is 0.120 e. The zero-order valence-electron chi connectivity index (χ0n) is 11.9. The highest BCUT2D eigenvalue weighted by Crippen LogP contribution is 2.38. The van der Waals surface area contributed by atoms with Crippen LogP contribution in [0.5, 0.6) is 5.75 Å². The van der Waals surface area contributed by atoms with Gasteiger partial charge in [0.05, 0.1) is 13.2 Å². The van der Waals surface area contributed by atoms with Crippen LogP contribution in [0.1, 0.15) is 29.0 Å². The van der Waals surface area contributed by atoms with Crippen molar-refractivity contribution in [1.29, 1.82) is 0 Å². The maximum absolute atomic E-state index is 5.90. The van der Waals surface area contributed by atoms with Gasteiger partial charge in [0, 0.05) is 29.7 Å². The summed E-state index contributed by atoms with van der Waals surface area (Å²) >= 11 is 1.87. The van der Waals surface area contributed by atoms with Crippen molar-refractivity contribution in [2.75, 3.05) is 18.6 Å². The SMILES string of the molecule is COc1ccc(CN)c(N2CCc3sccc3C2C)c1. The van der Waals surface area contributed by atoms with Gasteiger partial charge >= 0.3 is 0 Å². The van der Waals surface area contributed by atoms with Crippen molar-refractivity contribution in [3.05, 3.63) is 45.6 Å². The molecule has 0 bridgehead atoms. The van der Waals surface area contributed by atoms with E-state index in [1.54, 1.807) is 7.11 Å². The Hall–Kier alpha value is -1.52. The quantitative estimate of drug-likeness (QED) is 0.941. The van der Waals surface area contributed by atoms with Crippen molar-refractivity contribution in [2.45, 2.75) is 25.9 Å². The Morgan fingerprint density at radius 2 is 2.25 bits per heavy atom. The average molecular weight is 288 g/mol. The van der Waals surface area contributed by atoms with Gasteiger partial charge in [0.25, 0.3) is 0 Å². The summed E-state index contributed by atoms with van der Waals surface area (Å²) in [4.78, 5) is 3.96. The molecule has 1 unspecified atom stereocenters. The lowest BCUT2D eigenvalue weighted by atomic mass is 9.99. The summed E-state index contributed by atoms with van der Waals surface area (Å²) in [7, 11) is 1.71. The molecule has 1 aromatic carbocycles. The lowest BCUT2D eigenvalue weighted by molar-refractivity contribution is 0.414. The number of nitrogens with two attached hydrogens (primary N) is 1. The molecule has 3 rings (SSSR count). The molecule has 0 spiro atoms. The highest BCUT2D eigenvalue weighted by molar-refractivity contribution is 7.10. The fourth-order valence-corrected chi connectivity index (χ4v) is 3.91. The predicted octanol–water partition coefficient (Wildman–Crippen LogP) is 3.34. The first-order valence-electron chi connectivity index (χ1n) is 6.94. The summed E-state index contributed by atoms with van der Waals surface area (Å²) in [6.07, 6.45) is 1.11. The van der Waals surface area contributed by atoms with E-state index in [4.69, 9.17) is 10.5 Å². The Morgan fingerprint density at radius 3 is 3.00 bits per heavy atom. The van der Waals surface area contributed by atoms with E-state index in [-0.39, 0.29) is 0 Å². The molecular formula is C16H20N2OS. The number of rotatable bonds is 3. The zero-order valence-corrected chi connectivity index (χ0v) is 12.7. The number of hydrogen-bond acceptors (Lipinski definition) is 4. The Morgan fingerprint density at radius 1 is 1.40 bits per heavy atom. The lowest BCUT2D eigenvalue weighted by Crippen LogP contribution is -2.34. The number of anilines is 1. The number of nitrogens with zero attached hydrogens (tertiary/aromatic N) is 1. The molecule has 106 valence electrons. The topological polar surface area (TPSA) is 38.5 Å². The van der Waals surface area contributed by atoms with Gasteiger partial charge in [0.1, 0.15) is 5.75 Å². The summed E-state index contributed by atoms with van der Waals surface area (Å²) in [6.45, 7) is 3.86. The number of thiophene rings is 1. The van der Waals surface area contributed by atoms with Crippen molar-refractivity contribution < 1.29 is 4.74 Å². The van der Waals surface area contributed by atoms with Gasteiger partial charge in [-0.3, -0.25) is 0 Å². The molecule has 2 heterocycles. The van der Waals surface area contributed by atoms with Gasteiger partial charge in [-0.1, -0.05) is 6.07 Å². The van der Waals surface area contributed by atoms with Crippen LogP contribution in [0.25, 0.3) is 0 Å². The highest BCUT2D eigenvalue weighted by Gasteiger charge is 2.26. The van der Waals surface area contributed by atoms with E-state index in [2.05, 4.69) is 35.4 Å². The second kappa shape index (κ2) is 5.46. The first-order valence-corrected chi connectivity index (χ1v) is 7.82. The van der Waals surface area contributed by atoms with Crippen molar-refractivity contribution in [3.8, 4) is 5.75 Å². The first kappa shape index (κ1) is 13.5. The van der Waals surface area contributed by atoms with Crippen LogP contribution >= 0.6 is 11.3 Å². The first-order chi connectivity index (χ1) is 9.74. The smallest absolute Gasteiger partial charge is 0.120 e. The Bertz CT molecular complexity index is 608. The van der Waals surface area contributed by atoms with Crippen LogP contribution in [0.15, 0.2) is 29.6 Å². The molecule has 2 aromatic rings. The lowest BCUT2D eigenvalue weighted by Gasteiger charge is -2.37. The minimum Gasteiger partial charge on any atom is -0.497 e. The Kier molecular flexibility index (Phi) is 3.68. The molecule has 0 saturated carbocycles. The molecule has 2 N–H and O–H groups in total. The molecule has 0 radical (unpaired) electrons. The Balaban J connectivity index is 2.01. The van der Waals surface area contributed by atoms with Gasteiger partial charge in [0.2, 0.25) is 0 Å². The van der Waals surface area contributed by atoms with Crippen LogP contribution in [0.3, 0.4) is 0 Å². The molecule has 0 amide bonds.